The quantitative estimate of drug-likeness (QED) is 0.820. The second kappa shape index (κ2) is 6.97. The van der Waals surface area contributed by atoms with Gasteiger partial charge in [0.25, 0.3) is 0 Å². The maximum Gasteiger partial charge on any atom is 0.226 e. The number of rotatable bonds is 5. The third kappa shape index (κ3) is 3.54. The smallest absolute Gasteiger partial charge is 0.226 e. The van der Waals surface area contributed by atoms with Gasteiger partial charge in [-0.05, 0) is 76.0 Å². The molecule has 4 aliphatic carbocycles. The molecule has 5 rings (SSSR count). The first kappa shape index (κ1) is 18.0. The molecule has 1 N–H and O–H groups in total. The van der Waals surface area contributed by atoms with Gasteiger partial charge in [0, 0.05) is 37.4 Å². The van der Waals surface area contributed by atoms with E-state index in [1.165, 1.54) is 26.2 Å². The zero-order chi connectivity index (χ0) is 18.3. The minimum absolute atomic E-state index is 0.0658. The molecule has 1 aliphatic heterocycles. The van der Waals surface area contributed by atoms with Crippen molar-refractivity contribution < 1.29 is 14.4 Å². The zero-order valence-corrected chi connectivity index (χ0v) is 16.0. The summed E-state index contributed by atoms with van der Waals surface area (Å²) in [5.74, 6) is 2.80. The Morgan fingerprint density at radius 1 is 0.923 bits per heavy atom. The topological polar surface area (TPSA) is 66.5 Å². The van der Waals surface area contributed by atoms with Crippen molar-refractivity contribution in [3.8, 4) is 0 Å². The molecule has 0 atom stereocenters. The van der Waals surface area contributed by atoms with Crippen LogP contribution in [0.1, 0.15) is 71.1 Å². The van der Waals surface area contributed by atoms with Gasteiger partial charge in [0.1, 0.15) is 5.78 Å². The first-order valence-corrected chi connectivity index (χ1v) is 10.5. The van der Waals surface area contributed by atoms with E-state index < -0.39 is 0 Å². The molecular formula is C21H32N2O3. The molecule has 144 valence electrons. The predicted octanol–water partition coefficient (Wildman–Crippen LogP) is 2.68. The van der Waals surface area contributed by atoms with Crippen LogP contribution in [0.25, 0.3) is 0 Å². The minimum atomic E-state index is -0.0802. The van der Waals surface area contributed by atoms with Gasteiger partial charge in [0.15, 0.2) is 0 Å². The molecule has 5 aliphatic rings. The molecule has 0 spiro atoms. The van der Waals surface area contributed by atoms with Crippen molar-refractivity contribution >= 4 is 17.6 Å². The zero-order valence-electron chi connectivity index (χ0n) is 16.0. The average Bonchev–Trinajstić information content (AvgIpc) is 2.59. The number of carbonyl (C=O) groups excluding carboxylic acids is 3. The number of hydrogen-bond acceptors (Lipinski definition) is 3. The number of Topliss-reactive ketones (excluding diaryl/α,β-unsaturated/α-hetero) is 1. The lowest BCUT2D eigenvalue weighted by molar-refractivity contribution is -0.147. The highest BCUT2D eigenvalue weighted by atomic mass is 16.2. The molecule has 4 saturated carbocycles. The van der Waals surface area contributed by atoms with Crippen molar-refractivity contribution in [3.05, 3.63) is 0 Å². The number of nitrogens with one attached hydrogen (secondary N) is 1. The third-order valence-electron chi connectivity index (χ3n) is 7.39. The molecule has 5 fully saturated rings. The van der Waals surface area contributed by atoms with Crippen LogP contribution in [0.15, 0.2) is 0 Å². The van der Waals surface area contributed by atoms with E-state index in [0.717, 1.165) is 49.9 Å². The summed E-state index contributed by atoms with van der Waals surface area (Å²) in [5, 5.41) is 3.35. The fraction of sp³-hybridized carbons (Fsp3) is 0.857. The van der Waals surface area contributed by atoms with Crippen LogP contribution in [0.3, 0.4) is 0 Å². The standard InChI is InChI=1S/C21H32N2O3/c1-14(24)2-3-19(25)23-6-4-18(5-7-23)22-20(26)21-11-15-8-16(12-21)10-17(9-15)13-21/h15-18H,2-13H2,1H3,(H,22,26). The van der Waals surface area contributed by atoms with Gasteiger partial charge in [-0.1, -0.05) is 0 Å². The monoisotopic (exact) mass is 360 g/mol. The Morgan fingerprint density at radius 3 is 1.96 bits per heavy atom. The maximum absolute atomic E-state index is 13.1. The Labute approximate surface area is 156 Å². The summed E-state index contributed by atoms with van der Waals surface area (Å²) in [6, 6.07) is 0.201. The lowest BCUT2D eigenvalue weighted by Gasteiger charge is -2.56. The predicted molar refractivity (Wildman–Crippen MR) is 98.3 cm³/mol. The molecule has 0 aromatic rings. The number of carbonyl (C=O) groups is 3. The highest BCUT2D eigenvalue weighted by molar-refractivity contribution is 5.84. The number of likely N-dealkylation sites (tertiary alicyclic amines) is 1. The lowest BCUT2D eigenvalue weighted by Crippen LogP contribution is -2.56. The molecule has 1 heterocycles. The molecule has 5 nitrogen and oxygen atoms in total. The van der Waals surface area contributed by atoms with Gasteiger partial charge in [0.2, 0.25) is 11.8 Å². The Kier molecular flexibility index (Phi) is 4.83. The molecule has 1 saturated heterocycles. The lowest BCUT2D eigenvalue weighted by atomic mass is 9.49. The summed E-state index contributed by atoms with van der Waals surface area (Å²) in [4.78, 5) is 38.2. The van der Waals surface area contributed by atoms with Crippen molar-refractivity contribution in [2.24, 2.45) is 23.2 Å². The molecule has 0 aromatic heterocycles. The van der Waals surface area contributed by atoms with Gasteiger partial charge in [-0.2, -0.15) is 0 Å². The number of ketones is 1. The van der Waals surface area contributed by atoms with E-state index in [4.69, 9.17) is 0 Å². The molecule has 0 unspecified atom stereocenters. The number of hydrogen-bond donors (Lipinski definition) is 1. The van der Waals surface area contributed by atoms with E-state index in [-0.39, 0.29) is 23.1 Å². The largest absolute Gasteiger partial charge is 0.353 e. The average molecular weight is 360 g/mol. The summed E-state index contributed by atoms with van der Waals surface area (Å²) in [7, 11) is 0. The molecule has 0 aromatic carbocycles. The van der Waals surface area contributed by atoms with E-state index in [0.29, 0.717) is 31.8 Å². The van der Waals surface area contributed by atoms with E-state index in [2.05, 4.69) is 5.32 Å². The van der Waals surface area contributed by atoms with Crippen LogP contribution in [0.5, 0.6) is 0 Å². The normalized spacial score (nSPS) is 36.2. The highest BCUT2D eigenvalue weighted by Crippen LogP contribution is 2.60. The van der Waals surface area contributed by atoms with E-state index >= 15 is 0 Å². The van der Waals surface area contributed by atoms with E-state index in [1.54, 1.807) is 0 Å². The van der Waals surface area contributed by atoms with Crippen LogP contribution in [-0.2, 0) is 14.4 Å². The molecule has 0 radical (unpaired) electrons. The van der Waals surface area contributed by atoms with Gasteiger partial charge >= 0.3 is 0 Å². The number of amides is 2. The van der Waals surface area contributed by atoms with Crippen molar-refractivity contribution in [1.82, 2.24) is 10.2 Å². The van der Waals surface area contributed by atoms with Crippen molar-refractivity contribution in [1.29, 1.82) is 0 Å². The second-order valence-corrected chi connectivity index (χ2v) is 9.53. The first-order valence-electron chi connectivity index (χ1n) is 10.5. The summed E-state index contributed by atoms with van der Waals surface area (Å²) in [6.07, 6.45) is 9.70. The van der Waals surface area contributed by atoms with Crippen molar-refractivity contribution in [2.45, 2.75) is 77.2 Å². The fourth-order valence-corrected chi connectivity index (χ4v) is 6.44. The Balaban J connectivity index is 1.27. The molecule has 5 heteroatoms. The molecule has 26 heavy (non-hydrogen) atoms. The Bertz CT molecular complexity index is 557. The minimum Gasteiger partial charge on any atom is -0.353 e. The summed E-state index contributed by atoms with van der Waals surface area (Å²) in [6.45, 7) is 2.92. The van der Waals surface area contributed by atoms with Gasteiger partial charge in [-0.3, -0.25) is 9.59 Å². The van der Waals surface area contributed by atoms with E-state index in [1.807, 2.05) is 4.90 Å². The van der Waals surface area contributed by atoms with Crippen molar-refractivity contribution in [2.75, 3.05) is 13.1 Å². The van der Waals surface area contributed by atoms with Gasteiger partial charge in [0.05, 0.1) is 0 Å². The Hall–Kier alpha value is -1.39. The second-order valence-electron chi connectivity index (χ2n) is 9.53. The summed E-state index contributed by atoms with van der Waals surface area (Å²) in [5.41, 5.74) is -0.0802. The third-order valence-corrected chi connectivity index (χ3v) is 7.39. The van der Waals surface area contributed by atoms with Gasteiger partial charge in [-0.15, -0.1) is 0 Å². The van der Waals surface area contributed by atoms with Crippen LogP contribution in [0, 0.1) is 23.2 Å². The molecule has 4 bridgehead atoms. The summed E-state index contributed by atoms with van der Waals surface area (Å²) >= 11 is 0. The molecule has 2 amide bonds. The van der Waals surface area contributed by atoms with Gasteiger partial charge in [-0.25, -0.2) is 0 Å². The maximum atomic E-state index is 13.1. The van der Waals surface area contributed by atoms with Crippen LogP contribution < -0.4 is 5.32 Å². The SMILES string of the molecule is CC(=O)CCC(=O)N1CCC(NC(=O)C23CC4CC(CC(C4)C2)C3)CC1. The van der Waals surface area contributed by atoms with Crippen molar-refractivity contribution in [3.63, 3.8) is 0 Å². The van der Waals surface area contributed by atoms with Crippen LogP contribution in [0.2, 0.25) is 0 Å². The van der Waals surface area contributed by atoms with E-state index in [9.17, 15) is 14.4 Å². The summed E-state index contributed by atoms with van der Waals surface area (Å²) < 4.78 is 0. The number of piperidine rings is 1. The highest BCUT2D eigenvalue weighted by Gasteiger charge is 2.54. The van der Waals surface area contributed by atoms with Crippen LogP contribution in [-0.4, -0.2) is 41.6 Å². The fourth-order valence-electron chi connectivity index (χ4n) is 6.44. The molecular weight excluding hydrogens is 328 g/mol. The van der Waals surface area contributed by atoms with Gasteiger partial charge < -0.3 is 15.0 Å². The first-order chi connectivity index (χ1) is 12.4. The van der Waals surface area contributed by atoms with Crippen LogP contribution in [0.4, 0.5) is 0 Å². The Morgan fingerprint density at radius 2 is 1.46 bits per heavy atom. The van der Waals surface area contributed by atoms with Crippen LogP contribution >= 0.6 is 0 Å². The number of nitrogens with zero attached hydrogens (tertiary/aromatic N) is 1.